The van der Waals surface area contributed by atoms with Crippen molar-refractivity contribution in [1.82, 2.24) is 0 Å². The van der Waals surface area contributed by atoms with E-state index in [9.17, 15) is 23.6 Å². The molecule has 0 fully saturated rings. The third kappa shape index (κ3) is 2.96. The van der Waals surface area contributed by atoms with Crippen LogP contribution in [0.15, 0.2) is 41.3 Å². The molecule has 0 aliphatic rings. The molecule has 5 N–H and O–H groups in total. The molecule has 8 nitrogen and oxygen atoms in total. The number of aliphatic hydroxyl groups excluding tert-OH is 1. The first kappa shape index (κ1) is 16.7. The Bertz CT molecular complexity index is 861. The molecule has 0 bridgehead atoms. The van der Waals surface area contributed by atoms with Gasteiger partial charge in [0.25, 0.3) is 0 Å². The second-order valence-corrected chi connectivity index (χ2v) is 7.11. The van der Waals surface area contributed by atoms with Gasteiger partial charge < -0.3 is 16.6 Å². The number of nitrogens with zero attached hydrogens (tertiary/aromatic N) is 1. The molecule has 0 spiro atoms. The van der Waals surface area contributed by atoms with Crippen LogP contribution in [-0.2, 0) is 9.84 Å². The fourth-order valence-electron chi connectivity index (χ4n) is 2.11. The summed E-state index contributed by atoms with van der Waals surface area (Å²) in [7, 11) is -4.16. The fourth-order valence-corrected chi connectivity index (χ4v) is 3.14. The van der Waals surface area contributed by atoms with Gasteiger partial charge in [-0.1, -0.05) is 12.1 Å². The maximum atomic E-state index is 12.1. The van der Waals surface area contributed by atoms with Gasteiger partial charge in [-0.2, -0.15) is 0 Å². The predicted octanol–water partition coefficient (Wildman–Crippen LogP) is 1.54. The Morgan fingerprint density at radius 2 is 1.70 bits per heavy atom. The normalized spacial score (nSPS) is 12.8. The summed E-state index contributed by atoms with van der Waals surface area (Å²) >= 11 is 0. The molecule has 0 amide bonds. The first-order valence-electron chi connectivity index (χ1n) is 6.51. The lowest BCUT2D eigenvalue weighted by Crippen LogP contribution is -2.19. The van der Waals surface area contributed by atoms with E-state index in [1.54, 1.807) is 24.3 Å². The molecular formula is C14H15N3O5S. The smallest absolute Gasteiger partial charge is 0.301 e. The number of hydrogen-bond acceptors (Lipinski definition) is 7. The van der Waals surface area contributed by atoms with Gasteiger partial charge in [0.1, 0.15) is 5.69 Å². The summed E-state index contributed by atoms with van der Waals surface area (Å²) in [6.07, 6.45) is 0. The lowest BCUT2D eigenvalue weighted by atomic mass is 10.0. The number of nitro groups is 1. The molecule has 0 aliphatic carbocycles. The van der Waals surface area contributed by atoms with Crippen molar-refractivity contribution in [3.8, 4) is 11.1 Å². The lowest BCUT2D eigenvalue weighted by Gasteiger charge is -2.12. The zero-order valence-electron chi connectivity index (χ0n) is 12.1. The van der Waals surface area contributed by atoms with E-state index in [2.05, 4.69) is 0 Å². The lowest BCUT2D eigenvalue weighted by molar-refractivity contribution is -0.383. The number of nitro benzene ring substituents is 1. The maximum Gasteiger partial charge on any atom is 0.301 e. The van der Waals surface area contributed by atoms with Crippen LogP contribution in [0.3, 0.4) is 0 Å². The Kier molecular flexibility index (Phi) is 4.26. The third-order valence-corrected chi connectivity index (χ3v) is 5.20. The highest BCUT2D eigenvalue weighted by Gasteiger charge is 2.30. The van der Waals surface area contributed by atoms with Gasteiger partial charge in [-0.15, -0.1) is 0 Å². The molecule has 9 heteroatoms. The van der Waals surface area contributed by atoms with Crippen molar-refractivity contribution < 1.29 is 18.4 Å². The quantitative estimate of drug-likeness (QED) is 0.435. The number of nitrogens with two attached hydrogens (primary N) is 2. The minimum atomic E-state index is -4.16. The van der Waals surface area contributed by atoms with Crippen LogP contribution < -0.4 is 11.5 Å². The standard InChI is InChI=1S/C14H15N3O5S/c1-8(18)23(21,22)12-7-6-11(14(13(12)16)17(19)20)9-2-4-10(15)5-3-9/h2-8,18H,15-16H2,1H3. The first-order chi connectivity index (χ1) is 10.7. The molecule has 0 aromatic heterocycles. The van der Waals surface area contributed by atoms with Gasteiger partial charge in [0.15, 0.2) is 5.44 Å². The van der Waals surface area contributed by atoms with E-state index in [0.29, 0.717) is 11.3 Å². The topological polar surface area (TPSA) is 150 Å². The van der Waals surface area contributed by atoms with Crippen LogP contribution in [-0.4, -0.2) is 23.9 Å². The summed E-state index contributed by atoms with van der Waals surface area (Å²) in [5.41, 5.74) is 9.65. The van der Waals surface area contributed by atoms with Crippen LogP contribution in [0.2, 0.25) is 0 Å². The first-order valence-corrected chi connectivity index (χ1v) is 8.05. The number of anilines is 2. The third-order valence-electron chi connectivity index (χ3n) is 3.34. The molecule has 2 rings (SSSR count). The van der Waals surface area contributed by atoms with Gasteiger partial charge >= 0.3 is 5.69 Å². The van der Waals surface area contributed by atoms with E-state index in [1.165, 1.54) is 6.07 Å². The van der Waals surface area contributed by atoms with Gasteiger partial charge in [0.2, 0.25) is 9.84 Å². The van der Waals surface area contributed by atoms with Crippen LogP contribution in [0.5, 0.6) is 0 Å². The van der Waals surface area contributed by atoms with E-state index in [-0.39, 0.29) is 5.56 Å². The minimum Gasteiger partial charge on any atom is -0.399 e. The summed E-state index contributed by atoms with van der Waals surface area (Å²) < 4.78 is 24.1. The Labute approximate surface area is 132 Å². The Hall–Kier alpha value is -2.65. The van der Waals surface area contributed by atoms with Crippen LogP contribution in [0.25, 0.3) is 11.1 Å². The number of benzene rings is 2. The molecule has 23 heavy (non-hydrogen) atoms. The molecule has 0 saturated heterocycles. The number of aliphatic hydroxyl groups is 1. The number of rotatable bonds is 4. The van der Waals surface area contributed by atoms with Crippen molar-refractivity contribution in [2.75, 3.05) is 11.5 Å². The molecule has 122 valence electrons. The second-order valence-electron chi connectivity index (χ2n) is 4.90. The van der Waals surface area contributed by atoms with Gasteiger partial charge in [0.05, 0.1) is 15.4 Å². The van der Waals surface area contributed by atoms with Gasteiger partial charge in [0, 0.05) is 5.69 Å². The summed E-state index contributed by atoms with van der Waals surface area (Å²) in [5.74, 6) is 0. The summed E-state index contributed by atoms with van der Waals surface area (Å²) in [5, 5.41) is 20.8. The highest BCUT2D eigenvalue weighted by Crippen LogP contribution is 2.39. The van der Waals surface area contributed by atoms with Gasteiger partial charge in [-0.3, -0.25) is 10.1 Å². The minimum absolute atomic E-state index is 0.164. The van der Waals surface area contributed by atoms with Crippen LogP contribution in [0.1, 0.15) is 6.92 Å². The van der Waals surface area contributed by atoms with E-state index in [0.717, 1.165) is 13.0 Å². The molecule has 2 aromatic carbocycles. The Balaban J connectivity index is 2.75. The highest BCUT2D eigenvalue weighted by molar-refractivity contribution is 7.92. The highest BCUT2D eigenvalue weighted by atomic mass is 32.2. The SMILES string of the molecule is CC(O)S(=O)(=O)c1ccc(-c2ccc(N)cc2)c([N+](=O)[O-])c1N. The van der Waals surface area contributed by atoms with E-state index in [1.807, 2.05) is 0 Å². The van der Waals surface area contributed by atoms with Crippen LogP contribution in [0.4, 0.5) is 17.1 Å². The summed E-state index contributed by atoms with van der Waals surface area (Å²) in [4.78, 5) is 10.2. The van der Waals surface area contributed by atoms with Crippen molar-refractivity contribution in [2.45, 2.75) is 17.3 Å². The predicted molar refractivity (Wildman–Crippen MR) is 86.2 cm³/mol. The second kappa shape index (κ2) is 5.86. The molecule has 1 unspecified atom stereocenters. The molecule has 2 aromatic rings. The number of nitrogen functional groups attached to an aromatic ring is 2. The Morgan fingerprint density at radius 1 is 1.13 bits per heavy atom. The van der Waals surface area contributed by atoms with E-state index < -0.39 is 36.5 Å². The van der Waals surface area contributed by atoms with Gasteiger partial charge in [-0.25, -0.2) is 8.42 Å². The molecular weight excluding hydrogens is 322 g/mol. The largest absolute Gasteiger partial charge is 0.399 e. The van der Waals surface area contributed by atoms with Crippen molar-refractivity contribution >= 4 is 26.9 Å². The van der Waals surface area contributed by atoms with Crippen molar-refractivity contribution in [2.24, 2.45) is 0 Å². The van der Waals surface area contributed by atoms with Crippen LogP contribution in [0, 0.1) is 10.1 Å². The monoisotopic (exact) mass is 337 g/mol. The fraction of sp³-hybridized carbons (Fsp3) is 0.143. The zero-order chi connectivity index (χ0) is 17.4. The average Bonchev–Trinajstić information content (AvgIpc) is 2.46. The molecule has 0 radical (unpaired) electrons. The molecule has 0 aliphatic heterocycles. The molecule has 0 saturated carbocycles. The van der Waals surface area contributed by atoms with Crippen LogP contribution >= 0.6 is 0 Å². The zero-order valence-corrected chi connectivity index (χ0v) is 12.9. The average molecular weight is 337 g/mol. The Morgan fingerprint density at radius 3 is 2.17 bits per heavy atom. The number of sulfone groups is 1. The van der Waals surface area contributed by atoms with Crippen molar-refractivity contribution in [3.63, 3.8) is 0 Å². The van der Waals surface area contributed by atoms with Gasteiger partial charge in [-0.05, 0) is 36.8 Å². The van der Waals surface area contributed by atoms with E-state index in [4.69, 9.17) is 11.5 Å². The molecule has 1 atom stereocenters. The summed E-state index contributed by atoms with van der Waals surface area (Å²) in [6.45, 7) is 1.05. The summed E-state index contributed by atoms with van der Waals surface area (Å²) in [6, 6.07) is 8.71. The maximum absolute atomic E-state index is 12.1. The van der Waals surface area contributed by atoms with Crippen molar-refractivity contribution in [1.29, 1.82) is 0 Å². The van der Waals surface area contributed by atoms with E-state index >= 15 is 0 Å². The number of hydrogen-bond donors (Lipinski definition) is 3. The molecule has 0 heterocycles. The van der Waals surface area contributed by atoms with Crippen molar-refractivity contribution in [3.05, 3.63) is 46.5 Å².